The van der Waals surface area contributed by atoms with E-state index in [-0.39, 0.29) is 17.7 Å². The van der Waals surface area contributed by atoms with E-state index in [9.17, 15) is 9.59 Å². The van der Waals surface area contributed by atoms with Crippen LogP contribution in [-0.4, -0.2) is 23.6 Å². The summed E-state index contributed by atoms with van der Waals surface area (Å²) >= 11 is 0. The molecule has 1 aliphatic carbocycles. The second-order valence-corrected chi connectivity index (χ2v) is 5.37. The Bertz CT molecular complexity index is 515. The van der Waals surface area contributed by atoms with Crippen LogP contribution in [0.2, 0.25) is 0 Å². The van der Waals surface area contributed by atoms with Crippen LogP contribution in [0.1, 0.15) is 31.7 Å². The van der Waals surface area contributed by atoms with E-state index in [0.29, 0.717) is 32.5 Å². The third-order valence-corrected chi connectivity index (χ3v) is 3.82. The van der Waals surface area contributed by atoms with Gasteiger partial charge in [-0.1, -0.05) is 12.1 Å². The van der Waals surface area contributed by atoms with Gasteiger partial charge in [-0.05, 0) is 43.9 Å². The van der Waals surface area contributed by atoms with Gasteiger partial charge in [-0.25, -0.2) is 0 Å². The Kier molecular flexibility index (Phi) is 5.33. The first-order valence-electron chi connectivity index (χ1n) is 7.30. The maximum atomic E-state index is 12.2. The lowest BCUT2D eigenvalue weighted by atomic mass is 10.0. The van der Waals surface area contributed by atoms with Crippen molar-refractivity contribution in [2.45, 2.75) is 32.8 Å². The number of carbonyl (C=O) groups is 2. The third-order valence-electron chi connectivity index (χ3n) is 3.82. The fraction of sp³-hybridized carbons (Fsp3) is 0.500. The molecule has 5 nitrogen and oxygen atoms in total. The van der Waals surface area contributed by atoms with Gasteiger partial charge in [-0.2, -0.15) is 0 Å². The minimum absolute atomic E-state index is 0.0905. The number of carboxylic acids is 1. The largest absolute Gasteiger partial charge is 0.481 e. The van der Waals surface area contributed by atoms with Crippen LogP contribution in [0.25, 0.3) is 0 Å². The Balaban J connectivity index is 1.92. The Morgan fingerprint density at radius 2 is 2.10 bits per heavy atom. The summed E-state index contributed by atoms with van der Waals surface area (Å²) in [5.74, 6) is -1.48. The van der Waals surface area contributed by atoms with Gasteiger partial charge in [0.1, 0.15) is 0 Å². The summed E-state index contributed by atoms with van der Waals surface area (Å²) in [6.45, 7) is 3.10. The molecule has 0 heterocycles. The minimum Gasteiger partial charge on any atom is -0.481 e. The van der Waals surface area contributed by atoms with Crippen molar-refractivity contribution in [3.63, 3.8) is 0 Å². The van der Waals surface area contributed by atoms with E-state index in [4.69, 9.17) is 9.84 Å². The fourth-order valence-corrected chi connectivity index (χ4v) is 2.65. The molecule has 0 unspecified atom stereocenters. The third kappa shape index (κ3) is 4.29. The molecule has 2 rings (SSSR count). The number of hydrogen-bond acceptors (Lipinski definition) is 3. The number of aliphatic carboxylic acids is 1. The molecule has 0 aromatic heterocycles. The van der Waals surface area contributed by atoms with Gasteiger partial charge in [0.25, 0.3) is 0 Å². The van der Waals surface area contributed by atoms with Crippen molar-refractivity contribution in [3.8, 4) is 0 Å². The lowest BCUT2D eigenvalue weighted by Gasteiger charge is -2.12. The number of amides is 1. The van der Waals surface area contributed by atoms with Gasteiger partial charge in [0.15, 0.2) is 0 Å². The maximum Gasteiger partial charge on any atom is 0.306 e. The highest BCUT2D eigenvalue weighted by Gasteiger charge is 2.33. The van der Waals surface area contributed by atoms with E-state index in [1.807, 2.05) is 31.2 Å². The normalized spacial score (nSPS) is 21.2. The monoisotopic (exact) mass is 291 g/mol. The summed E-state index contributed by atoms with van der Waals surface area (Å²) < 4.78 is 5.34. The summed E-state index contributed by atoms with van der Waals surface area (Å²) in [6.07, 6.45) is 1.65. The highest BCUT2D eigenvalue weighted by atomic mass is 16.5. The number of nitrogens with one attached hydrogen (secondary N) is 1. The van der Waals surface area contributed by atoms with Crippen LogP contribution in [0.4, 0.5) is 5.69 Å². The van der Waals surface area contributed by atoms with Crippen LogP contribution < -0.4 is 5.32 Å². The van der Waals surface area contributed by atoms with Crippen LogP contribution in [0, 0.1) is 11.8 Å². The first-order chi connectivity index (χ1) is 10.1. The van der Waals surface area contributed by atoms with Crippen molar-refractivity contribution < 1.29 is 19.4 Å². The molecule has 2 atom stereocenters. The van der Waals surface area contributed by atoms with Gasteiger partial charge < -0.3 is 15.2 Å². The minimum atomic E-state index is -0.802. The molecule has 0 saturated heterocycles. The number of carboxylic acid groups (broad SMARTS) is 1. The average Bonchev–Trinajstić information content (AvgIpc) is 2.95. The van der Waals surface area contributed by atoms with Crippen molar-refractivity contribution in [2.24, 2.45) is 11.8 Å². The van der Waals surface area contributed by atoms with E-state index in [0.717, 1.165) is 11.3 Å². The first-order valence-corrected chi connectivity index (χ1v) is 7.30. The van der Waals surface area contributed by atoms with Crippen molar-refractivity contribution >= 4 is 17.6 Å². The standard InChI is InChI=1S/C16H21NO4/c1-2-21-10-11-4-3-5-14(8-11)17-15(18)12-6-7-13(9-12)16(19)20/h3-5,8,12-13H,2,6-7,9-10H2,1H3,(H,17,18)(H,19,20)/t12-,13+/m1/s1. The SMILES string of the molecule is CCOCc1cccc(NC(=O)[C@@H]2CC[C@H](C(=O)O)C2)c1. The van der Waals surface area contributed by atoms with E-state index < -0.39 is 5.97 Å². The number of benzene rings is 1. The zero-order valence-electron chi connectivity index (χ0n) is 12.2. The highest BCUT2D eigenvalue weighted by Crippen LogP contribution is 2.31. The average molecular weight is 291 g/mol. The molecule has 5 heteroatoms. The Labute approximate surface area is 124 Å². The molecular formula is C16H21NO4. The molecule has 0 bridgehead atoms. The predicted octanol–water partition coefficient (Wildman–Crippen LogP) is 2.66. The molecule has 0 radical (unpaired) electrons. The number of rotatable bonds is 6. The van der Waals surface area contributed by atoms with Crippen LogP contribution >= 0.6 is 0 Å². The van der Waals surface area contributed by atoms with E-state index in [1.54, 1.807) is 0 Å². The smallest absolute Gasteiger partial charge is 0.306 e. The topological polar surface area (TPSA) is 75.6 Å². The van der Waals surface area contributed by atoms with Gasteiger partial charge >= 0.3 is 5.97 Å². The molecular weight excluding hydrogens is 270 g/mol. The fourth-order valence-electron chi connectivity index (χ4n) is 2.65. The summed E-state index contributed by atoms with van der Waals surface area (Å²) in [6, 6.07) is 7.54. The number of anilines is 1. The molecule has 1 aromatic carbocycles. The van der Waals surface area contributed by atoms with Crippen LogP contribution in [-0.2, 0) is 20.9 Å². The maximum absolute atomic E-state index is 12.2. The van der Waals surface area contributed by atoms with Crippen molar-refractivity contribution in [1.82, 2.24) is 0 Å². The van der Waals surface area contributed by atoms with Gasteiger partial charge in [0, 0.05) is 18.2 Å². The predicted molar refractivity (Wildman–Crippen MR) is 78.9 cm³/mol. The first kappa shape index (κ1) is 15.5. The Morgan fingerprint density at radius 1 is 1.33 bits per heavy atom. The van der Waals surface area contributed by atoms with E-state index in [2.05, 4.69) is 5.32 Å². The molecule has 1 aliphatic rings. The van der Waals surface area contributed by atoms with E-state index in [1.165, 1.54) is 0 Å². The van der Waals surface area contributed by atoms with Gasteiger partial charge in [0.05, 0.1) is 12.5 Å². The molecule has 1 aromatic rings. The highest BCUT2D eigenvalue weighted by molar-refractivity contribution is 5.93. The van der Waals surface area contributed by atoms with Crippen LogP contribution in [0.3, 0.4) is 0 Å². The summed E-state index contributed by atoms with van der Waals surface area (Å²) in [7, 11) is 0. The van der Waals surface area contributed by atoms with Crippen LogP contribution in [0.15, 0.2) is 24.3 Å². The molecule has 1 fully saturated rings. The lowest BCUT2D eigenvalue weighted by Crippen LogP contribution is -2.21. The summed E-state index contributed by atoms with van der Waals surface area (Å²) in [5.41, 5.74) is 1.74. The number of ether oxygens (including phenoxy) is 1. The van der Waals surface area contributed by atoms with Crippen LogP contribution in [0.5, 0.6) is 0 Å². The Hall–Kier alpha value is -1.88. The number of hydrogen-bond donors (Lipinski definition) is 2. The zero-order chi connectivity index (χ0) is 15.2. The van der Waals surface area contributed by atoms with Crippen molar-refractivity contribution in [1.29, 1.82) is 0 Å². The van der Waals surface area contributed by atoms with Gasteiger partial charge in [0.2, 0.25) is 5.91 Å². The molecule has 1 saturated carbocycles. The second-order valence-electron chi connectivity index (χ2n) is 5.37. The number of carbonyl (C=O) groups excluding carboxylic acids is 1. The molecule has 21 heavy (non-hydrogen) atoms. The molecule has 2 N–H and O–H groups in total. The van der Waals surface area contributed by atoms with Gasteiger partial charge in [-0.3, -0.25) is 9.59 Å². The summed E-state index contributed by atoms with van der Waals surface area (Å²) in [5, 5.41) is 11.8. The summed E-state index contributed by atoms with van der Waals surface area (Å²) in [4.78, 5) is 23.1. The van der Waals surface area contributed by atoms with Crippen molar-refractivity contribution in [2.75, 3.05) is 11.9 Å². The second kappa shape index (κ2) is 7.22. The van der Waals surface area contributed by atoms with E-state index >= 15 is 0 Å². The Morgan fingerprint density at radius 3 is 2.76 bits per heavy atom. The molecule has 114 valence electrons. The van der Waals surface area contributed by atoms with Crippen molar-refractivity contribution in [3.05, 3.63) is 29.8 Å². The molecule has 0 aliphatic heterocycles. The quantitative estimate of drug-likeness (QED) is 0.845. The molecule has 1 amide bonds. The zero-order valence-corrected chi connectivity index (χ0v) is 12.2. The van der Waals surface area contributed by atoms with Gasteiger partial charge in [-0.15, -0.1) is 0 Å². The molecule has 0 spiro atoms. The lowest BCUT2D eigenvalue weighted by molar-refractivity contribution is -0.141.